The predicted molar refractivity (Wildman–Crippen MR) is 72.6 cm³/mol. The molecular formula is C15H16FNO4. The Morgan fingerprint density at radius 3 is 2.10 bits per heavy atom. The molecule has 1 unspecified atom stereocenters. The number of nitrogens with zero attached hydrogens (tertiary/aromatic N) is 1. The molecule has 0 spiro atoms. The van der Waals surface area contributed by atoms with E-state index in [9.17, 15) is 18.8 Å². The molecule has 1 heterocycles. The molecule has 0 radical (unpaired) electrons. The maximum atomic E-state index is 13.9. The molecule has 2 rings (SSSR count). The van der Waals surface area contributed by atoms with Crippen molar-refractivity contribution in [1.82, 2.24) is 4.90 Å². The minimum atomic E-state index is -1.73. The highest BCUT2D eigenvalue weighted by Crippen LogP contribution is 2.29. The molecule has 0 fully saturated rings. The van der Waals surface area contributed by atoms with E-state index in [2.05, 4.69) is 4.74 Å². The number of carbonyl (C=O) groups is 3. The summed E-state index contributed by atoms with van der Waals surface area (Å²) < 4.78 is 18.5. The Hall–Kier alpha value is -2.24. The van der Waals surface area contributed by atoms with E-state index < -0.39 is 29.5 Å². The van der Waals surface area contributed by atoms with Gasteiger partial charge in [0.1, 0.15) is 11.7 Å². The van der Waals surface area contributed by atoms with Crippen molar-refractivity contribution in [3.63, 3.8) is 0 Å². The lowest BCUT2D eigenvalue weighted by molar-refractivity contribution is -0.146. The SMILES string of the molecule is COC(=O)C(CC(C)(C)F)N1C(=O)c2ccccc2C1=O. The van der Waals surface area contributed by atoms with Gasteiger partial charge in [-0.25, -0.2) is 9.18 Å². The molecule has 0 aromatic heterocycles. The molecule has 0 saturated heterocycles. The lowest BCUT2D eigenvalue weighted by Gasteiger charge is -2.27. The van der Waals surface area contributed by atoms with Gasteiger partial charge in [0.05, 0.1) is 18.2 Å². The van der Waals surface area contributed by atoms with E-state index in [4.69, 9.17) is 0 Å². The van der Waals surface area contributed by atoms with Gasteiger partial charge in [-0.1, -0.05) is 12.1 Å². The highest BCUT2D eigenvalue weighted by Gasteiger charge is 2.45. The molecule has 1 aliphatic heterocycles. The first kappa shape index (κ1) is 15.2. The first-order chi connectivity index (χ1) is 9.76. The molecule has 1 aromatic carbocycles. The van der Waals surface area contributed by atoms with E-state index in [0.29, 0.717) is 0 Å². The maximum absolute atomic E-state index is 13.9. The van der Waals surface area contributed by atoms with Crippen molar-refractivity contribution in [2.75, 3.05) is 7.11 Å². The first-order valence-corrected chi connectivity index (χ1v) is 6.50. The number of halogens is 1. The fraction of sp³-hybridized carbons (Fsp3) is 0.400. The third kappa shape index (κ3) is 2.79. The minimum Gasteiger partial charge on any atom is -0.467 e. The highest BCUT2D eigenvalue weighted by molar-refractivity contribution is 6.22. The van der Waals surface area contributed by atoms with E-state index in [-0.39, 0.29) is 17.5 Å². The number of hydrogen-bond acceptors (Lipinski definition) is 4. The molecule has 1 aliphatic rings. The Kier molecular flexibility index (Phi) is 3.80. The fourth-order valence-electron chi connectivity index (χ4n) is 2.37. The first-order valence-electron chi connectivity index (χ1n) is 6.50. The third-order valence-corrected chi connectivity index (χ3v) is 3.29. The zero-order chi connectivity index (χ0) is 15.8. The average Bonchev–Trinajstić information content (AvgIpc) is 2.67. The van der Waals surface area contributed by atoms with Gasteiger partial charge in [-0.15, -0.1) is 0 Å². The molecule has 0 aliphatic carbocycles. The molecule has 0 bridgehead atoms. The highest BCUT2D eigenvalue weighted by atomic mass is 19.1. The monoisotopic (exact) mass is 293 g/mol. The number of amides is 2. The van der Waals surface area contributed by atoms with Gasteiger partial charge in [0.15, 0.2) is 0 Å². The van der Waals surface area contributed by atoms with Gasteiger partial charge < -0.3 is 4.74 Å². The molecule has 2 amide bonds. The zero-order valence-electron chi connectivity index (χ0n) is 12.1. The lowest BCUT2D eigenvalue weighted by Crippen LogP contribution is -2.48. The summed E-state index contributed by atoms with van der Waals surface area (Å²) in [5, 5.41) is 0. The molecular weight excluding hydrogens is 277 g/mol. The van der Waals surface area contributed by atoms with Crippen molar-refractivity contribution in [2.24, 2.45) is 0 Å². The second-order valence-corrected chi connectivity index (χ2v) is 5.49. The number of carbonyl (C=O) groups excluding carboxylic acids is 3. The van der Waals surface area contributed by atoms with Crippen LogP contribution < -0.4 is 0 Å². The zero-order valence-corrected chi connectivity index (χ0v) is 12.1. The van der Waals surface area contributed by atoms with E-state index in [0.717, 1.165) is 12.0 Å². The quantitative estimate of drug-likeness (QED) is 0.629. The van der Waals surface area contributed by atoms with E-state index in [1.165, 1.54) is 26.0 Å². The lowest BCUT2D eigenvalue weighted by atomic mass is 9.99. The average molecular weight is 293 g/mol. The number of methoxy groups -OCH3 is 1. The summed E-state index contributed by atoms with van der Waals surface area (Å²) in [6.45, 7) is 2.56. The van der Waals surface area contributed by atoms with Gasteiger partial charge in [-0.05, 0) is 26.0 Å². The van der Waals surface area contributed by atoms with Crippen LogP contribution in [0.1, 0.15) is 41.0 Å². The number of esters is 1. The Morgan fingerprint density at radius 2 is 1.71 bits per heavy atom. The number of imide groups is 1. The standard InChI is InChI=1S/C15H16FNO4/c1-15(2,16)8-11(14(20)21-3)17-12(18)9-6-4-5-7-10(9)13(17)19/h4-7,11H,8H2,1-3H3. The number of fused-ring (bicyclic) bond motifs is 1. The van der Waals surface area contributed by atoms with Crippen LogP contribution in [0.25, 0.3) is 0 Å². The van der Waals surface area contributed by atoms with Crippen LogP contribution in [0.3, 0.4) is 0 Å². The number of alkyl halides is 1. The molecule has 0 N–H and O–H groups in total. The van der Waals surface area contributed by atoms with Gasteiger partial charge >= 0.3 is 5.97 Å². The molecule has 0 saturated carbocycles. The molecule has 1 atom stereocenters. The number of ether oxygens (including phenoxy) is 1. The summed E-state index contributed by atoms with van der Waals surface area (Å²) in [7, 11) is 1.14. The smallest absolute Gasteiger partial charge is 0.329 e. The number of benzene rings is 1. The molecule has 112 valence electrons. The summed E-state index contributed by atoms with van der Waals surface area (Å²) in [5.41, 5.74) is -1.30. The molecule has 21 heavy (non-hydrogen) atoms. The van der Waals surface area contributed by atoms with E-state index in [1.54, 1.807) is 12.1 Å². The van der Waals surface area contributed by atoms with Gasteiger partial charge in [-0.3, -0.25) is 14.5 Å². The van der Waals surface area contributed by atoms with Crippen LogP contribution >= 0.6 is 0 Å². The summed E-state index contributed by atoms with van der Waals surface area (Å²) in [6, 6.07) is 4.98. The number of rotatable bonds is 4. The molecule has 5 nitrogen and oxygen atoms in total. The fourth-order valence-corrected chi connectivity index (χ4v) is 2.37. The van der Waals surface area contributed by atoms with Crippen LogP contribution in [-0.4, -0.2) is 41.5 Å². The van der Waals surface area contributed by atoms with Crippen molar-refractivity contribution in [2.45, 2.75) is 32.0 Å². The van der Waals surface area contributed by atoms with E-state index >= 15 is 0 Å². The Labute approximate surface area is 121 Å². The van der Waals surface area contributed by atoms with Gasteiger partial charge in [0.2, 0.25) is 0 Å². The number of hydrogen-bond donors (Lipinski definition) is 0. The van der Waals surface area contributed by atoms with Crippen LogP contribution in [0, 0.1) is 0 Å². The second kappa shape index (κ2) is 5.27. The normalized spacial score (nSPS) is 15.9. The van der Waals surface area contributed by atoms with Gasteiger partial charge in [0, 0.05) is 6.42 Å². The Balaban J connectivity index is 2.41. The maximum Gasteiger partial charge on any atom is 0.329 e. The van der Waals surface area contributed by atoms with Crippen LogP contribution in [0.5, 0.6) is 0 Å². The summed E-state index contributed by atoms with van der Waals surface area (Å²) >= 11 is 0. The van der Waals surface area contributed by atoms with Gasteiger partial charge in [-0.2, -0.15) is 0 Å². The van der Waals surface area contributed by atoms with Gasteiger partial charge in [0.25, 0.3) is 11.8 Å². The van der Waals surface area contributed by atoms with Crippen molar-refractivity contribution >= 4 is 17.8 Å². The van der Waals surface area contributed by atoms with Crippen LogP contribution in [-0.2, 0) is 9.53 Å². The van der Waals surface area contributed by atoms with E-state index in [1.807, 2.05) is 0 Å². The van der Waals surface area contributed by atoms with Crippen molar-refractivity contribution in [3.8, 4) is 0 Å². The topological polar surface area (TPSA) is 63.7 Å². The van der Waals surface area contributed by atoms with Crippen LogP contribution in [0.15, 0.2) is 24.3 Å². The summed E-state index contributed by atoms with van der Waals surface area (Å²) in [5.74, 6) is -2.01. The van der Waals surface area contributed by atoms with Crippen LogP contribution in [0.4, 0.5) is 4.39 Å². The second-order valence-electron chi connectivity index (χ2n) is 5.49. The molecule has 6 heteroatoms. The third-order valence-electron chi connectivity index (χ3n) is 3.29. The summed E-state index contributed by atoms with van der Waals surface area (Å²) in [4.78, 5) is 37.3. The summed E-state index contributed by atoms with van der Waals surface area (Å²) in [6.07, 6.45) is -0.314. The van der Waals surface area contributed by atoms with Crippen molar-refractivity contribution in [1.29, 1.82) is 0 Å². The minimum absolute atomic E-state index is 0.216. The van der Waals surface area contributed by atoms with Crippen molar-refractivity contribution in [3.05, 3.63) is 35.4 Å². The molecule has 1 aromatic rings. The predicted octanol–water partition coefficient (Wildman–Crippen LogP) is 1.96. The Bertz CT molecular complexity index is 571. The van der Waals surface area contributed by atoms with Crippen molar-refractivity contribution < 1.29 is 23.5 Å². The largest absolute Gasteiger partial charge is 0.467 e. The van der Waals surface area contributed by atoms with Crippen LogP contribution in [0.2, 0.25) is 0 Å². The Morgan fingerprint density at radius 1 is 1.24 bits per heavy atom.